The standard InChI is InChI=1S/C41H13B18/c1-3-18(42)27(44)26(43)17-11-16(24-34(51)31(48)21(32(49)35(24)52)15-9-8-13-6-4-5-7-14(13)10-15)23-25(36(53)39(56)38(55)33(23)50)22(17)19-12(2)20(29(46)37(54)28(19)45)30(47)40(57)41(58)59/h1,4-10H,11H2,2H3/b26-17-,27-18-,40-30-. The summed E-state index contributed by atoms with van der Waals surface area (Å²) in [6, 6.07) is 13.5. The number of benzene rings is 5. The Morgan fingerprint density at radius 1 is 0.559 bits per heavy atom. The zero-order valence-electron chi connectivity index (χ0n) is 32.2. The van der Waals surface area contributed by atoms with E-state index >= 15 is 0 Å². The van der Waals surface area contributed by atoms with Gasteiger partial charge in [-0.15, -0.1) is 6.42 Å². The molecule has 1 aliphatic carbocycles. The second-order valence-electron chi connectivity index (χ2n) is 14.2. The average molecular weight is 700 g/mol. The second kappa shape index (κ2) is 16.8. The van der Waals surface area contributed by atoms with Crippen LogP contribution in [0.4, 0.5) is 0 Å². The van der Waals surface area contributed by atoms with Gasteiger partial charge in [-0.05, 0) is 28.0 Å². The van der Waals surface area contributed by atoms with Crippen LogP contribution in [0.25, 0.3) is 38.5 Å². The summed E-state index contributed by atoms with van der Waals surface area (Å²) in [7, 11) is 119. The molecular weight excluding hydrogens is 687 g/mol. The molecule has 0 heterocycles. The fraction of sp³-hybridized carbons (Fsp3) is 0.0488. The Kier molecular flexibility index (Phi) is 12.6. The van der Waals surface area contributed by atoms with E-state index in [0.29, 0.717) is 22.3 Å². The van der Waals surface area contributed by atoms with Gasteiger partial charge in [-0.3, -0.25) is 0 Å². The normalized spacial score (nSPS) is 14.3. The van der Waals surface area contributed by atoms with E-state index in [2.05, 4.69) is 5.92 Å². The van der Waals surface area contributed by atoms with Gasteiger partial charge in [0, 0.05) is 0 Å². The number of rotatable bonds is 6. The quantitative estimate of drug-likeness (QED) is 0.122. The van der Waals surface area contributed by atoms with Crippen molar-refractivity contribution in [2.45, 2.75) is 13.3 Å². The first-order valence-corrected chi connectivity index (χ1v) is 17.8. The van der Waals surface area contributed by atoms with Crippen molar-refractivity contribution in [1.82, 2.24) is 0 Å². The molecule has 0 amide bonds. The molecular formula is C41H13B18. The molecule has 0 saturated heterocycles. The molecule has 1 aliphatic rings. The van der Waals surface area contributed by atoms with Gasteiger partial charge in [0.15, 0.2) is 0 Å². The van der Waals surface area contributed by atoms with Crippen molar-refractivity contribution in [2.75, 3.05) is 0 Å². The predicted molar refractivity (Wildman–Crippen MR) is 270 cm³/mol. The van der Waals surface area contributed by atoms with Crippen LogP contribution in [0.1, 0.15) is 28.7 Å². The first-order valence-electron chi connectivity index (χ1n) is 17.8. The van der Waals surface area contributed by atoms with Crippen molar-refractivity contribution in [1.29, 1.82) is 0 Å². The van der Waals surface area contributed by atoms with E-state index in [1.54, 1.807) is 6.92 Å². The second-order valence-corrected chi connectivity index (χ2v) is 14.2. The van der Waals surface area contributed by atoms with E-state index in [-0.39, 0.29) is 138 Å². The predicted octanol–water partition coefficient (Wildman–Crippen LogP) is -8.57. The molecule has 0 bridgehead atoms. The Hall–Kier alpha value is -4.08. The molecule has 0 aromatic heterocycles. The first kappa shape index (κ1) is 44.5. The zero-order chi connectivity index (χ0) is 43.7. The van der Waals surface area contributed by atoms with Gasteiger partial charge >= 0.3 is 260 Å². The van der Waals surface area contributed by atoms with Crippen molar-refractivity contribution in [2.24, 2.45) is 0 Å². The van der Waals surface area contributed by atoms with Crippen LogP contribution in [0.2, 0.25) is 0 Å². The van der Waals surface area contributed by atoms with E-state index in [1.165, 1.54) is 0 Å². The van der Waals surface area contributed by atoms with Crippen LogP contribution in [-0.4, -0.2) is 146 Å². The molecule has 0 nitrogen and oxygen atoms in total. The summed E-state index contributed by atoms with van der Waals surface area (Å²) >= 11 is 0. The average Bonchev–Trinajstić information content (AvgIpc) is 3.22. The van der Waals surface area contributed by atoms with Crippen molar-refractivity contribution >= 4 is 234 Å². The van der Waals surface area contributed by atoms with Gasteiger partial charge in [-0.25, -0.2) is 0 Å². The molecule has 0 saturated carbocycles. The molecule has 0 aliphatic heterocycles. The van der Waals surface area contributed by atoms with Crippen molar-refractivity contribution in [3.05, 3.63) is 103 Å². The number of hydrogen-bond donors (Lipinski definition) is 0. The van der Waals surface area contributed by atoms with Crippen molar-refractivity contribution in [3.8, 4) is 23.5 Å². The maximum atomic E-state index is 6.99. The van der Waals surface area contributed by atoms with Gasteiger partial charge in [0.2, 0.25) is 0 Å². The number of terminal acetylenes is 1. The maximum absolute atomic E-state index is 6.99. The molecule has 0 spiro atoms. The first-order chi connectivity index (χ1) is 27.7. The SMILES string of the molecule is [B]C(=[B])/C([B])=C(/[B])c1c([B])c([B])c([B])c(C2=c3c([B])c([B])c([B])c([B])c3=C(c3c([B])c([B])c(-c4ccc5ccccc5c4)c([B])c3[B])C/C2=C([B])\C([B])=C(\[B])C#C)c1C. The third kappa shape index (κ3) is 7.22. The minimum atomic E-state index is -0.277. The van der Waals surface area contributed by atoms with E-state index in [9.17, 15) is 0 Å². The zero-order valence-corrected chi connectivity index (χ0v) is 32.2. The topological polar surface area (TPSA) is 0 Å². The van der Waals surface area contributed by atoms with Crippen molar-refractivity contribution in [3.63, 3.8) is 0 Å². The van der Waals surface area contributed by atoms with E-state index in [4.69, 9.17) is 147 Å². The van der Waals surface area contributed by atoms with Gasteiger partial charge in [0.1, 0.15) is 31.4 Å². The van der Waals surface area contributed by atoms with Crippen LogP contribution in [0, 0.1) is 19.3 Å². The Morgan fingerprint density at radius 2 is 1.07 bits per heavy atom. The summed E-state index contributed by atoms with van der Waals surface area (Å²) in [6.07, 6.45) is 5.51. The summed E-state index contributed by atoms with van der Waals surface area (Å²) in [5.74, 6) is 2.31. The van der Waals surface area contributed by atoms with E-state index in [1.807, 2.05) is 42.5 Å². The number of hydrogen-bond acceptors (Lipinski definition) is 0. The van der Waals surface area contributed by atoms with Crippen LogP contribution in [0.3, 0.4) is 0 Å². The van der Waals surface area contributed by atoms with Crippen LogP contribution >= 0.6 is 0 Å². The molecule has 6 rings (SSSR count). The third-order valence-electron chi connectivity index (χ3n) is 10.9. The Labute approximate surface area is 371 Å². The van der Waals surface area contributed by atoms with Gasteiger partial charge in [0.25, 0.3) is 0 Å². The molecule has 231 valence electrons. The van der Waals surface area contributed by atoms with Gasteiger partial charge in [0.05, 0.1) is 0 Å². The third-order valence-corrected chi connectivity index (χ3v) is 10.9. The molecule has 59 heavy (non-hydrogen) atoms. The molecule has 35 radical (unpaired) electrons. The van der Waals surface area contributed by atoms with Gasteiger partial charge in [-0.2, -0.15) is 0 Å². The molecule has 0 N–H and O–H groups in total. The number of allylic oxidation sites excluding steroid dienone is 5. The van der Waals surface area contributed by atoms with Crippen LogP contribution < -0.4 is 70.5 Å². The molecule has 0 atom stereocenters. The molecule has 18 heteroatoms. The Balaban J connectivity index is 1.92. The summed E-state index contributed by atoms with van der Waals surface area (Å²) in [5, 5.41) is 2.07. The molecule has 5 aromatic rings. The Bertz CT molecular complexity index is 2990. The minimum absolute atomic E-state index is 0.00736. The molecule has 0 unspecified atom stereocenters. The summed E-state index contributed by atoms with van der Waals surface area (Å²) in [6.45, 7) is 1.65. The van der Waals surface area contributed by atoms with Crippen LogP contribution in [0.15, 0.2) is 69.9 Å². The summed E-state index contributed by atoms with van der Waals surface area (Å²) in [4.78, 5) is 0. The van der Waals surface area contributed by atoms with E-state index < -0.39 is 0 Å². The Morgan fingerprint density at radius 3 is 1.63 bits per heavy atom. The molecule has 5 aromatic carbocycles. The number of fused-ring (bicyclic) bond motifs is 2. The van der Waals surface area contributed by atoms with E-state index in [0.717, 1.165) is 10.8 Å². The van der Waals surface area contributed by atoms with Gasteiger partial charge < -0.3 is 0 Å². The fourth-order valence-corrected chi connectivity index (χ4v) is 7.72. The summed E-state index contributed by atoms with van der Waals surface area (Å²) in [5.41, 5.74) is 2.09. The molecule has 0 fully saturated rings. The van der Waals surface area contributed by atoms with Crippen LogP contribution in [0.5, 0.6) is 0 Å². The fourth-order valence-electron chi connectivity index (χ4n) is 7.72. The monoisotopic (exact) mass is 703 g/mol. The summed E-state index contributed by atoms with van der Waals surface area (Å²) < 4.78 is 0. The van der Waals surface area contributed by atoms with Gasteiger partial charge in [-0.1, -0.05) is 47.3 Å². The van der Waals surface area contributed by atoms with Crippen molar-refractivity contribution < 1.29 is 0 Å². The van der Waals surface area contributed by atoms with Crippen LogP contribution in [-0.2, 0) is 0 Å².